The van der Waals surface area contributed by atoms with Crippen LogP contribution >= 0.6 is 0 Å². The highest BCUT2D eigenvalue weighted by Crippen LogP contribution is 2.07. The Labute approximate surface area is 136 Å². The number of rotatable bonds is 8. The van der Waals surface area contributed by atoms with Gasteiger partial charge in [-0.2, -0.15) is 0 Å². The topological polar surface area (TPSA) is 83.8 Å². The minimum absolute atomic E-state index is 0.0452. The fourth-order valence-corrected chi connectivity index (χ4v) is 2.45. The van der Waals surface area contributed by atoms with Gasteiger partial charge in [0.2, 0.25) is 5.91 Å². The summed E-state index contributed by atoms with van der Waals surface area (Å²) in [5.41, 5.74) is 0.510. The Kier molecular flexibility index (Phi) is 7.09. The quantitative estimate of drug-likeness (QED) is 0.683. The van der Waals surface area contributed by atoms with Crippen molar-refractivity contribution in [2.45, 2.75) is 19.8 Å². The van der Waals surface area contributed by atoms with E-state index in [1.807, 2.05) is 0 Å². The lowest BCUT2D eigenvalue weighted by molar-refractivity contribution is -0.120. The Hall–Kier alpha value is -1.86. The predicted octanol–water partition coefficient (Wildman–Crippen LogP) is 0.546. The molecule has 7 heteroatoms. The van der Waals surface area contributed by atoms with Crippen molar-refractivity contribution in [2.75, 3.05) is 45.9 Å². The number of amides is 2. The minimum atomic E-state index is -0.212. The third kappa shape index (κ3) is 6.03. The van der Waals surface area contributed by atoms with Crippen molar-refractivity contribution < 1.29 is 18.7 Å². The van der Waals surface area contributed by atoms with Crippen molar-refractivity contribution in [3.8, 4) is 0 Å². The Morgan fingerprint density at radius 2 is 2.00 bits per heavy atom. The normalized spacial score (nSPS) is 15.3. The van der Waals surface area contributed by atoms with Crippen LogP contribution in [-0.4, -0.2) is 62.7 Å². The molecule has 128 valence electrons. The number of aryl methyl sites for hydroxylation is 1. The lowest BCUT2D eigenvalue weighted by atomic mass is 10.2. The molecule has 2 N–H and O–H groups in total. The SMILES string of the molecule is Cc1occc1C(=O)NCCC(=O)NCCCN1CCOCC1. The molecule has 2 heterocycles. The van der Waals surface area contributed by atoms with Crippen LogP contribution < -0.4 is 10.6 Å². The smallest absolute Gasteiger partial charge is 0.254 e. The number of furan rings is 1. The molecule has 2 amide bonds. The molecule has 2 rings (SSSR count). The lowest BCUT2D eigenvalue weighted by Crippen LogP contribution is -2.38. The summed E-state index contributed by atoms with van der Waals surface area (Å²) in [6, 6.07) is 1.62. The van der Waals surface area contributed by atoms with Crippen LogP contribution in [0.4, 0.5) is 0 Å². The third-order valence-electron chi connectivity index (χ3n) is 3.82. The van der Waals surface area contributed by atoms with Crippen LogP contribution in [0.1, 0.15) is 29.0 Å². The van der Waals surface area contributed by atoms with Gasteiger partial charge < -0.3 is 19.8 Å². The van der Waals surface area contributed by atoms with Crippen LogP contribution in [0, 0.1) is 6.92 Å². The maximum Gasteiger partial charge on any atom is 0.254 e. The predicted molar refractivity (Wildman–Crippen MR) is 85.3 cm³/mol. The molecule has 0 radical (unpaired) electrons. The van der Waals surface area contributed by atoms with Gasteiger partial charge in [0.25, 0.3) is 5.91 Å². The van der Waals surface area contributed by atoms with Crippen LogP contribution in [0.2, 0.25) is 0 Å². The molecule has 1 aromatic rings. The number of nitrogens with zero attached hydrogens (tertiary/aromatic N) is 1. The highest BCUT2D eigenvalue weighted by atomic mass is 16.5. The summed E-state index contributed by atoms with van der Waals surface area (Å²) < 4.78 is 10.4. The van der Waals surface area contributed by atoms with Crippen LogP contribution in [0.5, 0.6) is 0 Å². The van der Waals surface area contributed by atoms with Gasteiger partial charge in [-0.05, 0) is 26.0 Å². The second-order valence-electron chi connectivity index (χ2n) is 5.55. The standard InChI is InChI=1S/C16H25N3O4/c1-13-14(4-10-23-13)16(21)18-6-3-15(20)17-5-2-7-19-8-11-22-12-9-19/h4,10H,2-3,5-9,11-12H2,1H3,(H,17,20)(H,18,21). The van der Waals surface area contributed by atoms with E-state index in [0.29, 0.717) is 24.4 Å². The van der Waals surface area contributed by atoms with Gasteiger partial charge in [0.15, 0.2) is 0 Å². The first kappa shape index (κ1) is 17.5. The van der Waals surface area contributed by atoms with Crippen molar-refractivity contribution in [1.82, 2.24) is 15.5 Å². The zero-order valence-electron chi connectivity index (χ0n) is 13.6. The van der Waals surface area contributed by atoms with E-state index in [2.05, 4.69) is 15.5 Å². The van der Waals surface area contributed by atoms with E-state index in [4.69, 9.17) is 9.15 Å². The number of carbonyl (C=O) groups is 2. The number of ether oxygens (including phenoxy) is 1. The van der Waals surface area contributed by atoms with Crippen LogP contribution in [0.3, 0.4) is 0 Å². The molecular weight excluding hydrogens is 298 g/mol. The average Bonchev–Trinajstić information content (AvgIpc) is 2.99. The van der Waals surface area contributed by atoms with Crippen molar-refractivity contribution in [3.05, 3.63) is 23.7 Å². The number of nitrogens with one attached hydrogen (secondary N) is 2. The molecule has 0 aromatic carbocycles. The summed E-state index contributed by atoms with van der Waals surface area (Å²) in [5.74, 6) is 0.322. The maximum atomic E-state index is 11.8. The molecule has 1 aliphatic rings. The molecule has 1 aliphatic heterocycles. The second kappa shape index (κ2) is 9.32. The largest absolute Gasteiger partial charge is 0.469 e. The first-order valence-corrected chi connectivity index (χ1v) is 8.06. The number of morpholine rings is 1. The van der Waals surface area contributed by atoms with Gasteiger partial charge in [0, 0.05) is 32.6 Å². The highest BCUT2D eigenvalue weighted by Gasteiger charge is 2.12. The number of hydrogen-bond donors (Lipinski definition) is 2. The van der Waals surface area contributed by atoms with Gasteiger partial charge in [0.1, 0.15) is 5.76 Å². The average molecular weight is 323 g/mol. The van der Waals surface area contributed by atoms with Gasteiger partial charge in [-0.1, -0.05) is 0 Å². The van der Waals surface area contributed by atoms with E-state index in [1.165, 1.54) is 6.26 Å². The summed E-state index contributed by atoms with van der Waals surface area (Å²) >= 11 is 0. The third-order valence-corrected chi connectivity index (χ3v) is 3.82. The summed E-state index contributed by atoms with van der Waals surface area (Å²) in [4.78, 5) is 25.9. The maximum absolute atomic E-state index is 11.8. The van der Waals surface area contributed by atoms with E-state index in [1.54, 1.807) is 13.0 Å². The summed E-state index contributed by atoms with van der Waals surface area (Å²) in [5, 5.41) is 5.59. The Balaban J connectivity index is 1.51. The van der Waals surface area contributed by atoms with Gasteiger partial charge in [-0.3, -0.25) is 14.5 Å². The molecule has 1 saturated heterocycles. The van der Waals surface area contributed by atoms with E-state index in [0.717, 1.165) is 39.3 Å². The first-order valence-electron chi connectivity index (χ1n) is 8.06. The second-order valence-corrected chi connectivity index (χ2v) is 5.55. The molecule has 1 fully saturated rings. The molecule has 1 aromatic heterocycles. The fourth-order valence-electron chi connectivity index (χ4n) is 2.45. The monoisotopic (exact) mass is 323 g/mol. The zero-order chi connectivity index (χ0) is 16.5. The Bertz CT molecular complexity index is 509. The molecule has 0 unspecified atom stereocenters. The summed E-state index contributed by atoms with van der Waals surface area (Å²) in [6.45, 7) is 7.20. The molecule has 0 spiro atoms. The summed E-state index contributed by atoms with van der Waals surface area (Å²) in [6.07, 6.45) is 2.68. The van der Waals surface area contributed by atoms with Gasteiger partial charge in [0.05, 0.1) is 25.0 Å². The zero-order valence-corrected chi connectivity index (χ0v) is 13.6. The van der Waals surface area contributed by atoms with Crippen LogP contribution in [-0.2, 0) is 9.53 Å². The summed E-state index contributed by atoms with van der Waals surface area (Å²) in [7, 11) is 0. The van der Waals surface area contributed by atoms with Crippen molar-refractivity contribution in [2.24, 2.45) is 0 Å². The number of hydrogen-bond acceptors (Lipinski definition) is 5. The van der Waals surface area contributed by atoms with Gasteiger partial charge in [-0.15, -0.1) is 0 Å². The molecule has 0 aliphatic carbocycles. The van der Waals surface area contributed by atoms with Gasteiger partial charge in [-0.25, -0.2) is 0 Å². The molecule has 23 heavy (non-hydrogen) atoms. The first-order chi connectivity index (χ1) is 11.2. The van der Waals surface area contributed by atoms with E-state index in [-0.39, 0.29) is 18.2 Å². The molecule has 7 nitrogen and oxygen atoms in total. The van der Waals surface area contributed by atoms with Gasteiger partial charge >= 0.3 is 0 Å². The Morgan fingerprint density at radius 3 is 2.70 bits per heavy atom. The highest BCUT2D eigenvalue weighted by molar-refractivity contribution is 5.95. The molecule has 0 bridgehead atoms. The van der Waals surface area contributed by atoms with Crippen molar-refractivity contribution >= 4 is 11.8 Å². The van der Waals surface area contributed by atoms with E-state index in [9.17, 15) is 9.59 Å². The van der Waals surface area contributed by atoms with E-state index >= 15 is 0 Å². The lowest BCUT2D eigenvalue weighted by Gasteiger charge is -2.26. The van der Waals surface area contributed by atoms with Crippen molar-refractivity contribution in [1.29, 1.82) is 0 Å². The molecule has 0 atom stereocenters. The number of carbonyl (C=O) groups excluding carboxylic acids is 2. The molecule has 0 saturated carbocycles. The van der Waals surface area contributed by atoms with Crippen molar-refractivity contribution in [3.63, 3.8) is 0 Å². The van der Waals surface area contributed by atoms with Crippen LogP contribution in [0.25, 0.3) is 0 Å². The van der Waals surface area contributed by atoms with E-state index < -0.39 is 0 Å². The fraction of sp³-hybridized carbons (Fsp3) is 0.625. The minimum Gasteiger partial charge on any atom is -0.469 e. The van der Waals surface area contributed by atoms with Crippen LogP contribution in [0.15, 0.2) is 16.7 Å². The Morgan fingerprint density at radius 1 is 1.22 bits per heavy atom. The molecular formula is C16H25N3O4.